The lowest BCUT2D eigenvalue weighted by molar-refractivity contribution is -0.112. The van der Waals surface area contributed by atoms with Gasteiger partial charge in [0.2, 0.25) is 0 Å². The molecule has 1 atom stereocenters. The number of hydrogen-bond acceptors (Lipinski definition) is 5. The average Bonchev–Trinajstić information content (AvgIpc) is 2.61. The highest BCUT2D eigenvalue weighted by molar-refractivity contribution is 7.99. The van der Waals surface area contributed by atoms with E-state index in [0.717, 1.165) is 9.79 Å². The Morgan fingerprint density at radius 2 is 1.92 bits per heavy atom. The van der Waals surface area contributed by atoms with Crippen molar-refractivity contribution in [1.29, 1.82) is 5.26 Å². The molecule has 6 heteroatoms. The zero-order chi connectivity index (χ0) is 18.1. The van der Waals surface area contributed by atoms with Crippen LogP contribution in [-0.4, -0.2) is 23.7 Å². The summed E-state index contributed by atoms with van der Waals surface area (Å²) in [5.41, 5.74) is 0.582. The number of benzene rings is 2. The molecule has 5 nitrogen and oxygen atoms in total. The van der Waals surface area contributed by atoms with Gasteiger partial charge >= 0.3 is 0 Å². The standard InChI is InChI=1S/C19H19N3O2S/c1-14(23)12-21-13-15(11-20)19(24)22-17-9-5-6-10-18(17)25-16-7-3-2-4-8-16/h2-10,13-14,21,23H,12H2,1H3,(H,22,24)/b15-13-. The summed E-state index contributed by atoms with van der Waals surface area (Å²) in [5.74, 6) is -0.498. The number of carbonyl (C=O) groups is 1. The fourth-order valence-electron chi connectivity index (χ4n) is 1.94. The molecular weight excluding hydrogens is 334 g/mol. The largest absolute Gasteiger partial charge is 0.392 e. The van der Waals surface area contributed by atoms with Gasteiger partial charge in [-0.15, -0.1) is 0 Å². The zero-order valence-corrected chi connectivity index (χ0v) is 14.6. The Bertz CT molecular complexity index is 783. The van der Waals surface area contributed by atoms with Gasteiger partial charge in [-0.3, -0.25) is 4.79 Å². The number of hydrogen-bond donors (Lipinski definition) is 3. The van der Waals surface area contributed by atoms with E-state index in [9.17, 15) is 9.90 Å². The topological polar surface area (TPSA) is 85.2 Å². The quantitative estimate of drug-likeness (QED) is 0.526. The SMILES string of the molecule is CC(O)CN/C=C(/C#N)C(=O)Nc1ccccc1Sc1ccccc1. The van der Waals surface area contributed by atoms with Gasteiger partial charge in [-0.1, -0.05) is 42.1 Å². The number of carbonyl (C=O) groups excluding carboxylic acids is 1. The molecule has 0 heterocycles. The molecule has 0 aliphatic rings. The number of nitrogens with zero attached hydrogens (tertiary/aromatic N) is 1. The third kappa shape index (κ3) is 5.99. The maximum Gasteiger partial charge on any atom is 0.267 e. The lowest BCUT2D eigenvalue weighted by Gasteiger charge is -2.10. The van der Waals surface area contributed by atoms with Crippen LogP contribution in [0.2, 0.25) is 0 Å². The van der Waals surface area contributed by atoms with Crippen LogP contribution in [0.25, 0.3) is 0 Å². The van der Waals surface area contributed by atoms with Crippen molar-refractivity contribution < 1.29 is 9.90 Å². The van der Waals surface area contributed by atoms with Gasteiger partial charge in [0, 0.05) is 22.5 Å². The molecule has 0 fully saturated rings. The molecule has 3 N–H and O–H groups in total. The molecule has 0 radical (unpaired) electrons. The summed E-state index contributed by atoms with van der Waals surface area (Å²) in [6.07, 6.45) is 0.747. The number of anilines is 1. The van der Waals surface area contributed by atoms with Crippen molar-refractivity contribution >= 4 is 23.4 Å². The van der Waals surface area contributed by atoms with Gasteiger partial charge in [0.05, 0.1) is 11.8 Å². The van der Waals surface area contributed by atoms with Gasteiger partial charge in [-0.05, 0) is 31.2 Å². The Morgan fingerprint density at radius 3 is 2.60 bits per heavy atom. The van der Waals surface area contributed by atoms with Crippen LogP contribution in [0.3, 0.4) is 0 Å². The number of aliphatic hydroxyl groups excluding tert-OH is 1. The van der Waals surface area contributed by atoms with Crippen molar-refractivity contribution in [2.24, 2.45) is 0 Å². The molecule has 0 aliphatic carbocycles. The second-order valence-electron chi connectivity index (χ2n) is 5.29. The molecule has 0 aliphatic heterocycles. The third-order valence-corrected chi connectivity index (χ3v) is 4.21. The third-order valence-electron chi connectivity index (χ3n) is 3.13. The van der Waals surface area contributed by atoms with E-state index in [4.69, 9.17) is 5.26 Å². The van der Waals surface area contributed by atoms with Crippen LogP contribution in [0.4, 0.5) is 5.69 Å². The molecule has 2 rings (SSSR count). The normalized spacial score (nSPS) is 12.1. The Kier molecular flexibility index (Phi) is 7.08. The lowest BCUT2D eigenvalue weighted by atomic mass is 10.2. The van der Waals surface area contributed by atoms with Crippen LogP contribution in [0.5, 0.6) is 0 Å². The first-order valence-corrected chi connectivity index (χ1v) is 8.57. The minimum absolute atomic E-state index is 0.0554. The molecule has 0 spiro atoms. The highest BCUT2D eigenvalue weighted by atomic mass is 32.2. The molecule has 1 amide bonds. The summed E-state index contributed by atoms with van der Waals surface area (Å²) in [7, 11) is 0. The molecule has 1 unspecified atom stereocenters. The van der Waals surface area contributed by atoms with E-state index in [2.05, 4.69) is 10.6 Å². The average molecular weight is 353 g/mol. The number of aliphatic hydroxyl groups is 1. The maximum absolute atomic E-state index is 12.3. The van der Waals surface area contributed by atoms with E-state index in [1.165, 1.54) is 18.0 Å². The van der Waals surface area contributed by atoms with E-state index in [0.29, 0.717) is 5.69 Å². The Labute approximate surface area is 151 Å². The number of amides is 1. The van der Waals surface area contributed by atoms with Gasteiger partial charge in [0.15, 0.2) is 0 Å². The van der Waals surface area contributed by atoms with Crippen LogP contribution in [0, 0.1) is 11.3 Å². The van der Waals surface area contributed by atoms with Gasteiger partial charge in [0.25, 0.3) is 5.91 Å². The predicted molar refractivity (Wildman–Crippen MR) is 99.0 cm³/mol. The summed E-state index contributed by atoms with van der Waals surface area (Å²) in [6, 6.07) is 19.1. The van der Waals surface area contributed by atoms with Crippen molar-refractivity contribution in [2.75, 3.05) is 11.9 Å². The number of para-hydroxylation sites is 1. The van der Waals surface area contributed by atoms with Crippen molar-refractivity contribution in [2.45, 2.75) is 22.8 Å². The van der Waals surface area contributed by atoms with Crippen LogP contribution in [-0.2, 0) is 4.79 Å². The van der Waals surface area contributed by atoms with Gasteiger partial charge in [0.1, 0.15) is 11.6 Å². The Balaban J connectivity index is 2.11. The first kappa shape index (κ1) is 18.6. The molecule has 128 valence electrons. The molecule has 2 aromatic carbocycles. The molecule has 0 saturated heterocycles. The first-order chi connectivity index (χ1) is 12.1. The van der Waals surface area contributed by atoms with Crippen molar-refractivity contribution in [3.8, 4) is 6.07 Å². The van der Waals surface area contributed by atoms with Crippen molar-refractivity contribution in [3.63, 3.8) is 0 Å². The van der Waals surface area contributed by atoms with Crippen molar-refractivity contribution in [1.82, 2.24) is 5.32 Å². The van der Waals surface area contributed by atoms with Crippen LogP contribution in [0.15, 0.2) is 76.2 Å². The smallest absolute Gasteiger partial charge is 0.267 e. The summed E-state index contributed by atoms with van der Waals surface area (Å²) in [5, 5.41) is 23.9. The molecule has 2 aromatic rings. The van der Waals surface area contributed by atoms with Crippen LogP contribution in [0.1, 0.15) is 6.92 Å². The molecule has 0 saturated carbocycles. The van der Waals surface area contributed by atoms with Gasteiger partial charge in [-0.2, -0.15) is 5.26 Å². The predicted octanol–water partition coefficient (Wildman–Crippen LogP) is 3.15. The van der Waals surface area contributed by atoms with Crippen LogP contribution < -0.4 is 10.6 Å². The summed E-state index contributed by atoms with van der Waals surface area (Å²) >= 11 is 1.53. The molecule has 0 bridgehead atoms. The highest BCUT2D eigenvalue weighted by Crippen LogP contribution is 2.33. The number of nitrogens with one attached hydrogen (secondary N) is 2. The molecule has 0 aromatic heterocycles. The fraction of sp³-hybridized carbons (Fsp3) is 0.158. The van der Waals surface area contributed by atoms with E-state index >= 15 is 0 Å². The highest BCUT2D eigenvalue weighted by Gasteiger charge is 2.12. The minimum Gasteiger partial charge on any atom is -0.392 e. The molecule has 25 heavy (non-hydrogen) atoms. The summed E-state index contributed by atoms with van der Waals surface area (Å²) in [4.78, 5) is 14.3. The zero-order valence-electron chi connectivity index (χ0n) is 13.8. The molecular formula is C19H19N3O2S. The monoisotopic (exact) mass is 353 g/mol. The van der Waals surface area contributed by atoms with Crippen LogP contribution >= 0.6 is 11.8 Å². The minimum atomic E-state index is -0.567. The van der Waals surface area contributed by atoms with E-state index in [-0.39, 0.29) is 12.1 Å². The van der Waals surface area contributed by atoms with E-state index in [1.807, 2.05) is 54.6 Å². The van der Waals surface area contributed by atoms with E-state index in [1.54, 1.807) is 13.0 Å². The van der Waals surface area contributed by atoms with Crippen molar-refractivity contribution in [3.05, 3.63) is 66.4 Å². The summed E-state index contributed by atoms with van der Waals surface area (Å²) < 4.78 is 0. The second-order valence-corrected chi connectivity index (χ2v) is 6.41. The summed E-state index contributed by atoms with van der Waals surface area (Å²) in [6.45, 7) is 1.88. The second kappa shape index (κ2) is 9.52. The Hall–Kier alpha value is -2.75. The Morgan fingerprint density at radius 1 is 1.24 bits per heavy atom. The van der Waals surface area contributed by atoms with Gasteiger partial charge in [-0.25, -0.2) is 0 Å². The van der Waals surface area contributed by atoms with E-state index < -0.39 is 12.0 Å². The fourth-order valence-corrected chi connectivity index (χ4v) is 2.87. The first-order valence-electron chi connectivity index (χ1n) is 7.75. The van der Waals surface area contributed by atoms with Gasteiger partial charge < -0.3 is 15.7 Å². The number of rotatable bonds is 7. The maximum atomic E-state index is 12.3. The lowest BCUT2D eigenvalue weighted by Crippen LogP contribution is -2.22. The number of nitriles is 1.